The second kappa shape index (κ2) is 5.32. The van der Waals surface area contributed by atoms with E-state index in [0.717, 1.165) is 16.6 Å². The molecule has 3 aromatic rings. The average molecular weight is 323 g/mol. The predicted molar refractivity (Wildman–Crippen MR) is 84.7 cm³/mol. The van der Waals surface area contributed by atoms with Crippen molar-refractivity contribution in [3.8, 4) is 0 Å². The van der Waals surface area contributed by atoms with Crippen LogP contribution < -0.4 is 0 Å². The van der Waals surface area contributed by atoms with Crippen LogP contribution in [0.3, 0.4) is 0 Å². The van der Waals surface area contributed by atoms with Crippen molar-refractivity contribution >= 4 is 34.2 Å². The van der Waals surface area contributed by atoms with Crippen LogP contribution in [0.5, 0.6) is 0 Å². The molecule has 0 atom stereocenters. The van der Waals surface area contributed by atoms with Crippen molar-refractivity contribution in [2.45, 2.75) is 20.4 Å². The summed E-state index contributed by atoms with van der Waals surface area (Å²) in [5.41, 5.74) is 5.05. The Morgan fingerprint density at radius 2 is 1.81 bits per heavy atom. The van der Waals surface area contributed by atoms with E-state index in [1.807, 2.05) is 17.6 Å². The van der Waals surface area contributed by atoms with Crippen LogP contribution in [-0.4, -0.2) is 9.55 Å². The Labute approximate surface area is 132 Å². The van der Waals surface area contributed by atoms with Crippen molar-refractivity contribution in [2.24, 2.45) is 0 Å². The van der Waals surface area contributed by atoms with Gasteiger partial charge in [0.05, 0.1) is 22.6 Å². The first-order valence-corrected chi connectivity index (χ1v) is 7.28. The van der Waals surface area contributed by atoms with Gasteiger partial charge in [-0.25, -0.2) is 9.37 Å². The molecule has 0 aliphatic rings. The topological polar surface area (TPSA) is 17.8 Å². The molecule has 0 N–H and O–H groups in total. The van der Waals surface area contributed by atoms with Crippen molar-refractivity contribution < 1.29 is 4.39 Å². The van der Waals surface area contributed by atoms with Crippen LogP contribution in [-0.2, 0) is 6.54 Å². The quantitative estimate of drug-likeness (QED) is 0.638. The van der Waals surface area contributed by atoms with E-state index in [2.05, 4.69) is 18.0 Å². The summed E-state index contributed by atoms with van der Waals surface area (Å²) < 4.78 is 15.1. The lowest BCUT2D eigenvalue weighted by Gasteiger charge is -2.08. The van der Waals surface area contributed by atoms with E-state index in [0.29, 0.717) is 11.8 Å². The van der Waals surface area contributed by atoms with Crippen LogP contribution in [0.1, 0.15) is 16.7 Å². The van der Waals surface area contributed by atoms with Gasteiger partial charge in [-0.3, -0.25) is 0 Å². The fourth-order valence-electron chi connectivity index (χ4n) is 2.32. The third-order valence-electron chi connectivity index (χ3n) is 3.64. The van der Waals surface area contributed by atoms with Gasteiger partial charge >= 0.3 is 0 Å². The van der Waals surface area contributed by atoms with Crippen LogP contribution in [0.25, 0.3) is 11.0 Å². The number of rotatable bonds is 2. The highest BCUT2D eigenvalue weighted by molar-refractivity contribution is 6.30. The lowest BCUT2D eigenvalue weighted by molar-refractivity contribution is 0.627. The summed E-state index contributed by atoms with van der Waals surface area (Å²) in [6.07, 6.45) is 0. The maximum atomic E-state index is 13.2. The molecule has 21 heavy (non-hydrogen) atoms. The molecule has 0 fully saturated rings. The Morgan fingerprint density at radius 1 is 1.10 bits per heavy atom. The maximum Gasteiger partial charge on any atom is 0.204 e. The Morgan fingerprint density at radius 3 is 2.52 bits per heavy atom. The predicted octanol–water partition coefficient (Wildman–Crippen LogP) is 5.15. The van der Waals surface area contributed by atoms with Crippen molar-refractivity contribution in [1.82, 2.24) is 9.55 Å². The average Bonchev–Trinajstić information content (AvgIpc) is 2.71. The molecule has 3 rings (SSSR count). The van der Waals surface area contributed by atoms with Crippen LogP contribution >= 0.6 is 23.2 Å². The number of hydrogen-bond donors (Lipinski definition) is 0. The summed E-state index contributed by atoms with van der Waals surface area (Å²) >= 11 is 12.1. The summed E-state index contributed by atoms with van der Waals surface area (Å²) in [4.78, 5) is 4.37. The second-order valence-electron chi connectivity index (χ2n) is 5.14. The van der Waals surface area contributed by atoms with Crippen molar-refractivity contribution in [3.05, 3.63) is 63.1 Å². The van der Waals surface area contributed by atoms with Gasteiger partial charge < -0.3 is 4.57 Å². The molecule has 2 aromatic carbocycles. The second-order valence-corrected chi connectivity index (χ2v) is 5.89. The number of aromatic nitrogens is 2. The molecule has 5 heteroatoms. The van der Waals surface area contributed by atoms with E-state index in [4.69, 9.17) is 23.2 Å². The Hall–Kier alpha value is -1.58. The van der Waals surface area contributed by atoms with E-state index in [-0.39, 0.29) is 5.02 Å². The molecule has 1 aromatic heterocycles. The zero-order valence-electron chi connectivity index (χ0n) is 11.6. The van der Waals surface area contributed by atoms with Gasteiger partial charge in [-0.2, -0.15) is 0 Å². The SMILES string of the molecule is Cc1cc2nc(Cl)n(Cc3ccc(F)c(Cl)c3)c2cc1C. The van der Waals surface area contributed by atoms with Crippen molar-refractivity contribution in [3.63, 3.8) is 0 Å². The molecule has 0 aliphatic carbocycles. The fourth-order valence-corrected chi connectivity index (χ4v) is 2.77. The molecule has 0 unspecified atom stereocenters. The molecule has 108 valence electrons. The molecule has 0 bridgehead atoms. The number of fused-ring (bicyclic) bond motifs is 1. The lowest BCUT2D eigenvalue weighted by Crippen LogP contribution is -2.00. The summed E-state index contributed by atoms with van der Waals surface area (Å²) in [7, 11) is 0. The van der Waals surface area contributed by atoms with E-state index in [1.165, 1.54) is 17.2 Å². The van der Waals surface area contributed by atoms with E-state index >= 15 is 0 Å². The minimum atomic E-state index is -0.423. The minimum absolute atomic E-state index is 0.111. The molecule has 0 aliphatic heterocycles. The summed E-state index contributed by atoms with van der Waals surface area (Å²) in [5.74, 6) is -0.423. The normalized spacial score (nSPS) is 11.3. The molecule has 0 saturated heterocycles. The van der Waals surface area contributed by atoms with Gasteiger partial charge in [-0.15, -0.1) is 0 Å². The summed E-state index contributed by atoms with van der Waals surface area (Å²) in [6, 6.07) is 8.75. The molecule has 0 saturated carbocycles. The van der Waals surface area contributed by atoms with Gasteiger partial charge in [0.1, 0.15) is 5.82 Å². The molecule has 0 amide bonds. The van der Waals surface area contributed by atoms with Gasteiger partial charge in [-0.1, -0.05) is 17.7 Å². The molecular formula is C16H13Cl2FN2. The van der Waals surface area contributed by atoms with E-state index in [9.17, 15) is 4.39 Å². The maximum absolute atomic E-state index is 13.2. The third kappa shape index (κ3) is 2.63. The van der Waals surface area contributed by atoms with Crippen molar-refractivity contribution in [1.29, 1.82) is 0 Å². The molecule has 2 nitrogen and oxygen atoms in total. The monoisotopic (exact) mass is 322 g/mol. The zero-order valence-corrected chi connectivity index (χ0v) is 13.1. The van der Waals surface area contributed by atoms with E-state index < -0.39 is 5.82 Å². The molecule has 0 spiro atoms. The Kier molecular flexibility index (Phi) is 3.64. The highest BCUT2D eigenvalue weighted by Gasteiger charge is 2.11. The molecule has 0 radical (unpaired) electrons. The Bertz CT molecular complexity index is 840. The number of aryl methyl sites for hydroxylation is 2. The number of nitrogens with zero attached hydrogens (tertiary/aromatic N) is 2. The number of benzene rings is 2. The zero-order chi connectivity index (χ0) is 15.1. The van der Waals surface area contributed by atoms with E-state index in [1.54, 1.807) is 12.1 Å². The highest BCUT2D eigenvalue weighted by atomic mass is 35.5. The first-order valence-electron chi connectivity index (χ1n) is 6.52. The summed E-state index contributed by atoms with van der Waals surface area (Å²) in [6.45, 7) is 4.59. The first-order chi connectivity index (χ1) is 9.95. The highest BCUT2D eigenvalue weighted by Crippen LogP contribution is 2.25. The van der Waals surface area contributed by atoms with Gasteiger partial charge in [-0.05, 0) is 66.4 Å². The van der Waals surface area contributed by atoms with Gasteiger partial charge in [0.2, 0.25) is 5.28 Å². The van der Waals surface area contributed by atoms with Gasteiger partial charge in [0, 0.05) is 0 Å². The van der Waals surface area contributed by atoms with Crippen molar-refractivity contribution in [2.75, 3.05) is 0 Å². The number of halogens is 3. The van der Waals surface area contributed by atoms with Crippen LogP contribution in [0, 0.1) is 19.7 Å². The number of imidazole rings is 1. The van der Waals surface area contributed by atoms with Crippen LogP contribution in [0.4, 0.5) is 4.39 Å². The largest absolute Gasteiger partial charge is 0.310 e. The molecular weight excluding hydrogens is 310 g/mol. The third-order valence-corrected chi connectivity index (χ3v) is 4.22. The first kappa shape index (κ1) is 14.4. The summed E-state index contributed by atoms with van der Waals surface area (Å²) in [5, 5.41) is 0.524. The standard InChI is InChI=1S/C16H13Cl2FN2/c1-9-5-14-15(6-10(9)2)21(16(18)20-14)8-11-3-4-13(19)12(17)7-11/h3-7H,8H2,1-2H3. The smallest absolute Gasteiger partial charge is 0.204 e. The minimum Gasteiger partial charge on any atom is -0.310 e. The van der Waals surface area contributed by atoms with Gasteiger partial charge in [0.15, 0.2) is 0 Å². The molecule has 1 heterocycles. The fraction of sp³-hybridized carbons (Fsp3) is 0.188. The van der Waals surface area contributed by atoms with Gasteiger partial charge in [0.25, 0.3) is 0 Å². The lowest BCUT2D eigenvalue weighted by atomic mass is 10.1. The van der Waals surface area contributed by atoms with Crippen LogP contribution in [0.15, 0.2) is 30.3 Å². The van der Waals surface area contributed by atoms with Crippen LogP contribution in [0.2, 0.25) is 10.3 Å². The Balaban J connectivity index is 2.09. The number of hydrogen-bond acceptors (Lipinski definition) is 1.